The van der Waals surface area contributed by atoms with Gasteiger partial charge in [0.15, 0.2) is 9.92 Å². The average Bonchev–Trinajstić information content (AvgIpc) is 3.33. The molecule has 0 spiro atoms. The summed E-state index contributed by atoms with van der Waals surface area (Å²) >= 11 is 1.03. The van der Waals surface area contributed by atoms with Gasteiger partial charge in [-0.1, -0.05) is 6.07 Å². The van der Waals surface area contributed by atoms with Gasteiger partial charge in [-0.05, 0) is 74.6 Å². The normalized spacial score (nSPS) is 17.7. The fourth-order valence-corrected chi connectivity index (χ4v) is 6.04. The van der Waals surface area contributed by atoms with Crippen LogP contribution in [0.2, 0.25) is 0 Å². The molecule has 0 aliphatic heterocycles. The number of urea groups is 1. The minimum Gasteiger partial charge on any atom is -0.384 e. The number of aromatic nitrogens is 1. The van der Waals surface area contributed by atoms with Crippen LogP contribution in [0, 0.1) is 0 Å². The summed E-state index contributed by atoms with van der Waals surface area (Å²) in [5.74, 6) is 0. The topological polar surface area (TPSA) is 118 Å². The van der Waals surface area contributed by atoms with E-state index in [1.807, 2.05) is 0 Å². The number of aliphatic hydroxyl groups is 1. The number of carbonyl (C=O) groups excluding carboxylic acids is 1. The molecule has 4 rings (SSSR count). The fraction of sp³-hybridized carbons (Fsp3) is 0.474. The van der Waals surface area contributed by atoms with Gasteiger partial charge in [0.25, 0.3) is 0 Å². The molecule has 28 heavy (non-hydrogen) atoms. The Morgan fingerprint density at radius 3 is 2.39 bits per heavy atom. The van der Waals surface area contributed by atoms with Crippen molar-refractivity contribution in [2.45, 2.75) is 62.3 Å². The second-order valence-electron chi connectivity index (χ2n) is 7.88. The predicted molar refractivity (Wildman–Crippen MR) is 110 cm³/mol. The summed E-state index contributed by atoms with van der Waals surface area (Å²) in [6.07, 6.45) is 6.05. The van der Waals surface area contributed by atoms with Gasteiger partial charge in [0, 0.05) is 11.1 Å². The molecule has 2 amide bonds. The summed E-state index contributed by atoms with van der Waals surface area (Å²) in [7, 11) is -3.49. The van der Waals surface area contributed by atoms with Gasteiger partial charge in [-0.2, -0.15) is 0 Å². The lowest BCUT2D eigenvalue weighted by molar-refractivity contribution is 0.0741. The molecule has 0 bridgehead atoms. The van der Waals surface area contributed by atoms with E-state index < -0.39 is 21.5 Å². The Bertz CT molecular complexity index is 1040. The number of fused-ring (bicyclic) bond motifs is 2. The third-order valence-electron chi connectivity index (χ3n) is 5.28. The van der Waals surface area contributed by atoms with Crippen LogP contribution >= 0.6 is 11.3 Å². The molecular formula is C19H24N4O3S2. The molecule has 0 radical (unpaired) electrons. The molecule has 0 saturated carbocycles. The largest absolute Gasteiger partial charge is 0.384 e. The van der Waals surface area contributed by atoms with Gasteiger partial charge < -0.3 is 10.4 Å². The van der Waals surface area contributed by atoms with Gasteiger partial charge in [0.1, 0.15) is 5.60 Å². The third-order valence-corrected chi connectivity index (χ3v) is 7.95. The number of anilines is 1. The first-order valence-corrected chi connectivity index (χ1v) is 11.8. The molecule has 4 N–H and O–H groups in total. The number of aryl methyl sites for hydroxylation is 2. The van der Waals surface area contributed by atoms with Crippen LogP contribution in [-0.2, 0) is 41.2 Å². The van der Waals surface area contributed by atoms with Crippen LogP contribution in [0.25, 0.3) is 0 Å². The minimum atomic E-state index is -3.49. The van der Waals surface area contributed by atoms with E-state index in [1.54, 1.807) is 19.2 Å². The number of nitrogens with one attached hydrogen (secondary N) is 1. The number of carbonyl (C=O) groups is 1. The monoisotopic (exact) mass is 420 g/mol. The maximum Gasteiger partial charge on any atom is 0.354 e. The SMILES string of the molecule is CC(C)(O)c1csc([S@](N)(=O)=NC(=O)Nc2c3c(cc4c2CCC4)CCC3)n1. The van der Waals surface area contributed by atoms with Crippen molar-refractivity contribution in [2.24, 2.45) is 9.50 Å². The molecule has 0 unspecified atom stereocenters. The lowest BCUT2D eigenvalue weighted by atomic mass is 9.99. The standard InChI is InChI=1S/C19H24N4O3S2/c1-19(2,25)15-10-27-18(21-15)28(20,26)23-17(24)22-16-13-7-3-5-11(13)9-12-6-4-8-14(12)16/h9-10,25H,3-8H2,1-2H3,(H3,20,22,23,24,26)/t28-/m1/s1. The molecule has 150 valence electrons. The highest BCUT2D eigenvalue weighted by atomic mass is 32.2. The second-order valence-corrected chi connectivity index (χ2v) is 10.7. The Labute approximate surface area is 168 Å². The summed E-state index contributed by atoms with van der Waals surface area (Å²) in [6, 6.07) is 1.55. The number of hydrogen-bond acceptors (Lipinski definition) is 5. The van der Waals surface area contributed by atoms with Crippen LogP contribution in [0.3, 0.4) is 0 Å². The van der Waals surface area contributed by atoms with Crippen molar-refractivity contribution in [3.63, 3.8) is 0 Å². The van der Waals surface area contributed by atoms with Crippen molar-refractivity contribution < 1.29 is 14.1 Å². The highest BCUT2D eigenvalue weighted by Gasteiger charge is 2.26. The number of hydrogen-bond donors (Lipinski definition) is 3. The molecule has 1 aromatic carbocycles. The van der Waals surface area contributed by atoms with Crippen molar-refractivity contribution >= 4 is 33.0 Å². The smallest absolute Gasteiger partial charge is 0.354 e. The Kier molecular flexibility index (Phi) is 4.81. The van der Waals surface area contributed by atoms with Gasteiger partial charge in [0.05, 0.1) is 5.69 Å². The van der Waals surface area contributed by atoms with Crippen LogP contribution in [-0.4, -0.2) is 20.3 Å². The second kappa shape index (κ2) is 6.91. The molecule has 0 saturated heterocycles. The Morgan fingerprint density at radius 2 is 1.86 bits per heavy atom. The van der Waals surface area contributed by atoms with E-state index in [2.05, 4.69) is 20.7 Å². The lowest BCUT2D eigenvalue weighted by Crippen LogP contribution is -2.20. The maximum atomic E-state index is 12.8. The molecule has 1 heterocycles. The summed E-state index contributed by atoms with van der Waals surface area (Å²) in [6.45, 7) is 3.15. The Balaban J connectivity index is 1.65. The van der Waals surface area contributed by atoms with E-state index in [9.17, 15) is 14.1 Å². The van der Waals surface area contributed by atoms with Gasteiger partial charge >= 0.3 is 6.03 Å². The number of thiazole rings is 1. The zero-order valence-electron chi connectivity index (χ0n) is 15.9. The first kappa shape index (κ1) is 19.5. The molecule has 2 aromatic rings. The third kappa shape index (κ3) is 3.59. The number of nitrogens with two attached hydrogens (primary N) is 1. The summed E-state index contributed by atoms with van der Waals surface area (Å²) in [5, 5.41) is 20.3. The van der Waals surface area contributed by atoms with E-state index >= 15 is 0 Å². The van der Waals surface area contributed by atoms with E-state index in [0.29, 0.717) is 5.69 Å². The van der Waals surface area contributed by atoms with Gasteiger partial charge in [-0.25, -0.2) is 19.1 Å². The van der Waals surface area contributed by atoms with Crippen molar-refractivity contribution in [1.29, 1.82) is 0 Å². The first-order valence-electron chi connectivity index (χ1n) is 9.36. The van der Waals surface area contributed by atoms with Gasteiger partial charge in [-0.15, -0.1) is 15.7 Å². The number of benzene rings is 1. The molecular weight excluding hydrogens is 396 g/mol. The van der Waals surface area contributed by atoms with E-state index in [0.717, 1.165) is 55.5 Å². The molecule has 0 fully saturated rings. The number of amides is 2. The fourth-order valence-electron chi connectivity index (χ4n) is 3.93. The molecule has 1 aromatic heterocycles. The van der Waals surface area contributed by atoms with Crippen LogP contribution < -0.4 is 10.5 Å². The van der Waals surface area contributed by atoms with E-state index in [4.69, 9.17) is 5.14 Å². The molecule has 2 aliphatic rings. The molecule has 7 nitrogen and oxygen atoms in total. The van der Waals surface area contributed by atoms with Gasteiger partial charge in [-0.3, -0.25) is 0 Å². The highest BCUT2D eigenvalue weighted by Crippen LogP contribution is 2.38. The quantitative estimate of drug-likeness (QED) is 0.706. The average molecular weight is 421 g/mol. The predicted octanol–water partition coefficient (Wildman–Crippen LogP) is 3.28. The maximum absolute atomic E-state index is 12.8. The number of rotatable bonds is 3. The lowest BCUT2D eigenvalue weighted by Gasteiger charge is -2.15. The van der Waals surface area contributed by atoms with Crippen LogP contribution in [0.5, 0.6) is 0 Å². The van der Waals surface area contributed by atoms with E-state index in [1.165, 1.54) is 22.3 Å². The van der Waals surface area contributed by atoms with Crippen molar-refractivity contribution in [3.05, 3.63) is 39.4 Å². The Hall–Kier alpha value is -1.81. The summed E-state index contributed by atoms with van der Waals surface area (Å²) < 4.78 is 16.6. The zero-order valence-corrected chi connectivity index (χ0v) is 17.6. The minimum absolute atomic E-state index is 0.0308. The first-order chi connectivity index (χ1) is 13.1. The summed E-state index contributed by atoms with van der Waals surface area (Å²) in [5.41, 5.74) is 4.93. The van der Waals surface area contributed by atoms with Crippen molar-refractivity contribution in [2.75, 3.05) is 5.32 Å². The van der Waals surface area contributed by atoms with Crippen LogP contribution in [0.15, 0.2) is 20.1 Å². The highest BCUT2D eigenvalue weighted by molar-refractivity contribution is 7.93. The molecule has 1 atom stereocenters. The number of nitrogens with zero attached hydrogens (tertiary/aromatic N) is 2. The Morgan fingerprint density at radius 1 is 1.25 bits per heavy atom. The van der Waals surface area contributed by atoms with Crippen LogP contribution in [0.4, 0.5) is 10.5 Å². The molecule has 2 aliphatic carbocycles. The molecule has 9 heteroatoms. The van der Waals surface area contributed by atoms with Crippen LogP contribution in [0.1, 0.15) is 54.6 Å². The van der Waals surface area contributed by atoms with Crippen molar-refractivity contribution in [1.82, 2.24) is 4.98 Å². The van der Waals surface area contributed by atoms with E-state index in [-0.39, 0.29) is 4.34 Å². The zero-order chi connectivity index (χ0) is 20.1. The van der Waals surface area contributed by atoms with Gasteiger partial charge in [0.2, 0.25) is 4.34 Å². The summed E-state index contributed by atoms with van der Waals surface area (Å²) in [4.78, 5) is 16.7. The van der Waals surface area contributed by atoms with Crippen molar-refractivity contribution in [3.8, 4) is 0 Å².